The zero-order valence-corrected chi connectivity index (χ0v) is 19.4. The number of rotatable bonds is 4. The summed E-state index contributed by atoms with van der Waals surface area (Å²) < 4.78 is 18.5. The number of aryl methyl sites for hydroxylation is 2. The van der Waals surface area contributed by atoms with Crippen molar-refractivity contribution in [3.8, 4) is 22.6 Å². The van der Waals surface area contributed by atoms with E-state index >= 15 is 0 Å². The van der Waals surface area contributed by atoms with Crippen molar-refractivity contribution in [2.45, 2.75) is 46.3 Å². The van der Waals surface area contributed by atoms with Crippen molar-refractivity contribution >= 4 is 17.1 Å². The Hall–Kier alpha value is -3.88. The molecule has 1 N–H and O–H groups in total. The van der Waals surface area contributed by atoms with Crippen molar-refractivity contribution < 1.29 is 18.4 Å². The number of carbonyl (C=O) groups excluding carboxylic acids is 1. The lowest BCUT2D eigenvalue weighted by atomic mass is 9.98. The molecule has 0 radical (unpaired) electrons. The van der Waals surface area contributed by atoms with E-state index in [-0.39, 0.29) is 11.0 Å². The van der Waals surface area contributed by atoms with E-state index < -0.39 is 17.7 Å². The normalized spacial score (nSPS) is 12.7. The smallest absolute Gasteiger partial charge is 0.408 e. The van der Waals surface area contributed by atoms with Gasteiger partial charge < -0.3 is 18.9 Å². The maximum absolute atomic E-state index is 13.7. The first-order valence-corrected chi connectivity index (χ1v) is 10.5. The van der Waals surface area contributed by atoms with Crippen molar-refractivity contribution in [1.82, 2.24) is 20.1 Å². The first-order valence-electron chi connectivity index (χ1n) is 10.5. The number of ether oxygens (including phenoxy) is 1. The molecule has 0 unspecified atom stereocenters. The van der Waals surface area contributed by atoms with Crippen LogP contribution in [-0.4, -0.2) is 26.5 Å². The molecular weight excluding hydrogens is 424 g/mol. The highest BCUT2D eigenvalue weighted by Gasteiger charge is 2.25. The fraction of sp³-hybridized carbons (Fsp3) is 0.333. The van der Waals surface area contributed by atoms with Gasteiger partial charge in [0.1, 0.15) is 23.1 Å². The summed E-state index contributed by atoms with van der Waals surface area (Å²) in [6.07, 6.45) is 5.48. The van der Waals surface area contributed by atoms with E-state index in [0.29, 0.717) is 33.6 Å². The molecule has 9 heteroatoms. The molecule has 172 valence electrons. The molecule has 0 fully saturated rings. The molecule has 1 amide bonds. The van der Waals surface area contributed by atoms with Crippen LogP contribution in [0, 0.1) is 6.92 Å². The summed E-state index contributed by atoms with van der Waals surface area (Å²) >= 11 is 0. The number of nitrogens with one attached hydrogen (secondary N) is 1. The number of hydrogen-bond acceptors (Lipinski definition) is 7. The van der Waals surface area contributed by atoms with Crippen LogP contribution in [-0.2, 0) is 11.8 Å². The number of amides is 1. The Morgan fingerprint density at radius 3 is 2.64 bits per heavy atom. The number of hydrogen-bond donors (Lipinski definition) is 1. The summed E-state index contributed by atoms with van der Waals surface area (Å²) in [5, 5.41) is 7.42. The number of nitrogens with zero attached hydrogens (tertiary/aromatic N) is 3. The Kier molecular flexibility index (Phi) is 5.57. The van der Waals surface area contributed by atoms with Crippen molar-refractivity contribution in [2.24, 2.45) is 7.05 Å². The first-order chi connectivity index (χ1) is 15.5. The van der Waals surface area contributed by atoms with Gasteiger partial charge in [-0.15, -0.1) is 0 Å². The Morgan fingerprint density at radius 2 is 2.03 bits per heavy atom. The molecule has 1 atom stereocenters. The second kappa shape index (κ2) is 8.23. The van der Waals surface area contributed by atoms with Crippen molar-refractivity contribution in [3.63, 3.8) is 0 Å². The molecule has 3 heterocycles. The van der Waals surface area contributed by atoms with E-state index in [4.69, 9.17) is 13.6 Å². The summed E-state index contributed by atoms with van der Waals surface area (Å²) in [7, 11) is 1.78. The van der Waals surface area contributed by atoms with Gasteiger partial charge in [-0.25, -0.2) is 9.78 Å². The minimum Gasteiger partial charge on any atom is -0.455 e. The van der Waals surface area contributed by atoms with Gasteiger partial charge in [0.2, 0.25) is 5.43 Å². The molecule has 0 aliphatic rings. The first kappa shape index (κ1) is 22.3. The molecule has 0 bridgehead atoms. The molecule has 3 aromatic heterocycles. The van der Waals surface area contributed by atoms with E-state index in [1.807, 2.05) is 19.9 Å². The van der Waals surface area contributed by atoms with Gasteiger partial charge in [-0.3, -0.25) is 9.48 Å². The topological polar surface area (TPSA) is 112 Å². The van der Waals surface area contributed by atoms with Crippen LogP contribution in [0.1, 0.15) is 44.9 Å². The molecular formula is C24H26N4O5. The maximum Gasteiger partial charge on any atom is 0.408 e. The van der Waals surface area contributed by atoms with Crippen LogP contribution < -0.4 is 10.7 Å². The molecule has 1 aromatic carbocycles. The average Bonchev–Trinajstić information content (AvgIpc) is 3.38. The Labute approximate surface area is 190 Å². The molecule has 33 heavy (non-hydrogen) atoms. The zero-order valence-electron chi connectivity index (χ0n) is 19.4. The molecule has 4 aromatic rings. The van der Waals surface area contributed by atoms with Gasteiger partial charge in [-0.2, -0.15) is 5.10 Å². The van der Waals surface area contributed by atoms with Gasteiger partial charge in [0.25, 0.3) is 0 Å². The second-order valence-electron chi connectivity index (χ2n) is 9.01. The van der Waals surface area contributed by atoms with E-state index in [2.05, 4.69) is 15.4 Å². The number of carbonyl (C=O) groups is 1. The number of fused-ring (bicyclic) bond motifs is 1. The minimum absolute atomic E-state index is 0.251. The van der Waals surface area contributed by atoms with E-state index in [0.717, 1.165) is 5.56 Å². The van der Waals surface area contributed by atoms with E-state index in [1.165, 1.54) is 12.7 Å². The summed E-state index contributed by atoms with van der Waals surface area (Å²) in [6, 6.07) is 3.17. The van der Waals surface area contributed by atoms with Crippen LogP contribution in [0.15, 0.2) is 50.8 Å². The van der Waals surface area contributed by atoms with Crippen molar-refractivity contribution in [1.29, 1.82) is 0 Å². The fourth-order valence-electron chi connectivity index (χ4n) is 3.67. The predicted octanol–water partition coefficient (Wildman–Crippen LogP) is 4.74. The zero-order chi connectivity index (χ0) is 23.9. The fourth-order valence-corrected chi connectivity index (χ4v) is 3.67. The second-order valence-corrected chi connectivity index (χ2v) is 9.01. The third-order valence-electron chi connectivity index (χ3n) is 5.02. The lowest BCUT2D eigenvalue weighted by Crippen LogP contribution is -2.34. The Morgan fingerprint density at radius 1 is 1.27 bits per heavy atom. The van der Waals surface area contributed by atoms with Gasteiger partial charge in [0.15, 0.2) is 12.2 Å². The van der Waals surface area contributed by atoms with Crippen LogP contribution in [0.25, 0.3) is 33.6 Å². The summed E-state index contributed by atoms with van der Waals surface area (Å²) in [5.74, 6) is 0.323. The molecule has 9 nitrogen and oxygen atoms in total. The highest BCUT2D eigenvalue weighted by Crippen LogP contribution is 2.34. The molecule has 0 spiro atoms. The Bertz CT molecular complexity index is 1380. The monoisotopic (exact) mass is 450 g/mol. The lowest BCUT2D eigenvalue weighted by molar-refractivity contribution is 0.0508. The lowest BCUT2D eigenvalue weighted by Gasteiger charge is -2.22. The van der Waals surface area contributed by atoms with Gasteiger partial charge in [-0.05, 0) is 46.2 Å². The number of alkyl carbamates (subject to hydrolysis) is 1. The molecule has 0 saturated heterocycles. The standard InChI is InChI=1S/C24H26N4O5/c1-13-7-16(14(2)27-23(30)33-24(3,4)5)22-17(8-13)20(29)19(18-11-31-12-25-18)21(32-22)15-9-26-28(6)10-15/h7-12,14H,1-6H3,(H,27,30)/t14-/m1/s1. The molecule has 0 aliphatic heterocycles. The Balaban J connectivity index is 1.92. The molecule has 4 rings (SSSR count). The average molecular weight is 450 g/mol. The predicted molar refractivity (Wildman–Crippen MR) is 123 cm³/mol. The van der Waals surface area contributed by atoms with Crippen LogP contribution in [0.2, 0.25) is 0 Å². The van der Waals surface area contributed by atoms with Crippen LogP contribution in [0.4, 0.5) is 4.79 Å². The highest BCUT2D eigenvalue weighted by molar-refractivity contribution is 5.90. The SMILES string of the molecule is Cc1cc([C@@H](C)NC(=O)OC(C)(C)C)c2oc(-c3cnn(C)c3)c(-c3cocn3)c(=O)c2c1. The molecule has 0 saturated carbocycles. The summed E-state index contributed by atoms with van der Waals surface area (Å²) in [4.78, 5) is 30.2. The van der Waals surface area contributed by atoms with Gasteiger partial charge in [0, 0.05) is 18.8 Å². The third kappa shape index (κ3) is 4.52. The van der Waals surface area contributed by atoms with Crippen LogP contribution in [0.5, 0.6) is 0 Å². The highest BCUT2D eigenvalue weighted by atomic mass is 16.6. The van der Waals surface area contributed by atoms with E-state index in [9.17, 15) is 9.59 Å². The maximum atomic E-state index is 13.7. The van der Waals surface area contributed by atoms with Gasteiger partial charge in [-0.1, -0.05) is 6.07 Å². The summed E-state index contributed by atoms with van der Waals surface area (Å²) in [6.45, 7) is 9.08. The van der Waals surface area contributed by atoms with Gasteiger partial charge in [0.05, 0.1) is 28.8 Å². The molecule has 0 aliphatic carbocycles. The summed E-state index contributed by atoms with van der Waals surface area (Å²) in [5.41, 5.74) is 2.27. The van der Waals surface area contributed by atoms with Crippen LogP contribution in [0.3, 0.4) is 0 Å². The van der Waals surface area contributed by atoms with Crippen molar-refractivity contribution in [2.75, 3.05) is 0 Å². The number of benzene rings is 1. The van der Waals surface area contributed by atoms with Crippen molar-refractivity contribution in [3.05, 3.63) is 58.5 Å². The van der Waals surface area contributed by atoms with E-state index in [1.54, 1.807) is 51.0 Å². The van der Waals surface area contributed by atoms with Gasteiger partial charge >= 0.3 is 6.09 Å². The quantitative estimate of drug-likeness (QED) is 0.478. The van der Waals surface area contributed by atoms with Crippen LogP contribution >= 0.6 is 0 Å². The number of oxazole rings is 1. The number of aromatic nitrogens is 3. The largest absolute Gasteiger partial charge is 0.455 e. The minimum atomic E-state index is -0.634. The third-order valence-corrected chi connectivity index (χ3v) is 5.02.